The van der Waals surface area contributed by atoms with Crippen LogP contribution in [-0.4, -0.2) is 70.5 Å². The average molecular weight is 403 g/mol. The Kier molecular flexibility index (Phi) is 6.13. The molecule has 0 saturated carbocycles. The van der Waals surface area contributed by atoms with Gasteiger partial charge in [-0.25, -0.2) is 14.8 Å². The lowest BCUT2D eigenvalue weighted by Gasteiger charge is -2.30. The largest absolute Gasteiger partial charge is 0.468 e. The molecule has 0 unspecified atom stereocenters. The molecule has 1 aromatic carbocycles. The molecule has 3 rings (SSSR count). The lowest BCUT2D eigenvalue weighted by atomic mass is 10.2. The summed E-state index contributed by atoms with van der Waals surface area (Å²) in [5.74, 6) is -0.676. The van der Waals surface area contributed by atoms with Crippen molar-refractivity contribution in [3.05, 3.63) is 35.2 Å². The van der Waals surface area contributed by atoms with Gasteiger partial charge in [-0.15, -0.1) is 11.8 Å². The Morgan fingerprint density at radius 2 is 1.89 bits per heavy atom. The van der Waals surface area contributed by atoms with Crippen molar-refractivity contribution in [2.45, 2.75) is 19.1 Å². The maximum atomic E-state index is 12.3. The van der Waals surface area contributed by atoms with Crippen LogP contribution < -0.4 is 0 Å². The zero-order valence-corrected chi connectivity index (χ0v) is 16.7. The van der Waals surface area contributed by atoms with Crippen molar-refractivity contribution in [2.75, 3.05) is 32.6 Å². The first-order valence-electron chi connectivity index (χ1n) is 8.78. The summed E-state index contributed by atoms with van der Waals surface area (Å²) in [5.41, 5.74) is 3.21. The molecule has 28 heavy (non-hydrogen) atoms. The normalized spacial score (nSPS) is 16.7. The van der Waals surface area contributed by atoms with Crippen LogP contribution in [-0.2, 0) is 19.1 Å². The third kappa shape index (κ3) is 4.41. The van der Waals surface area contributed by atoms with E-state index in [0.29, 0.717) is 28.9 Å². The van der Waals surface area contributed by atoms with E-state index in [9.17, 15) is 14.4 Å². The van der Waals surface area contributed by atoms with Crippen LogP contribution in [0.15, 0.2) is 18.2 Å². The molecular weight excluding hydrogens is 382 g/mol. The van der Waals surface area contributed by atoms with Crippen LogP contribution in [0.4, 0.5) is 0 Å². The Hall–Kier alpha value is -2.68. The number of thioether (sulfide) groups is 1. The van der Waals surface area contributed by atoms with Gasteiger partial charge < -0.3 is 14.4 Å². The average Bonchev–Trinajstić information content (AvgIpc) is 2.71. The van der Waals surface area contributed by atoms with Gasteiger partial charge in [-0.1, -0.05) is 0 Å². The van der Waals surface area contributed by atoms with Crippen LogP contribution >= 0.6 is 11.8 Å². The van der Waals surface area contributed by atoms with Crippen LogP contribution in [0.1, 0.15) is 21.7 Å². The van der Waals surface area contributed by atoms with Gasteiger partial charge in [0.05, 0.1) is 35.1 Å². The number of fused-ring (bicyclic) bond motifs is 1. The monoisotopic (exact) mass is 403 g/mol. The predicted octanol–water partition coefficient (Wildman–Crippen LogP) is 1.52. The number of esters is 2. The fourth-order valence-electron chi connectivity index (χ4n) is 2.81. The number of amides is 1. The van der Waals surface area contributed by atoms with Crippen molar-refractivity contribution in [2.24, 2.45) is 0 Å². The first-order chi connectivity index (χ1) is 13.4. The predicted molar refractivity (Wildman–Crippen MR) is 104 cm³/mol. The second-order valence-corrected chi connectivity index (χ2v) is 7.71. The minimum absolute atomic E-state index is 0.248. The Balaban J connectivity index is 1.62. The Morgan fingerprint density at radius 1 is 1.18 bits per heavy atom. The van der Waals surface area contributed by atoms with Gasteiger partial charge >= 0.3 is 11.9 Å². The number of ether oxygens (including phenoxy) is 2. The Morgan fingerprint density at radius 3 is 2.61 bits per heavy atom. The molecule has 0 bridgehead atoms. The first kappa shape index (κ1) is 20.1. The van der Waals surface area contributed by atoms with E-state index < -0.39 is 11.2 Å². The number of aromatic nitrogens is 2. The Bertz CT molecular complexity index is 933. The fourth-order valence-corrected chi connectivity index (χ4v) is 3.94. The van der Waals surface area contributed by atoms with Crippen LogP contribution in [0.2, 0.25) is 0 Å². The first-order valence-corrected chi connectivity index (χ1v) is 9.83. The number of rotatable bonds is 4. The van der Waals surface area contributed by atoms with Crippen LogP contribution in [0, 0.1) is 13.8 Å². The number of benzene rings is 1. The van der Waals surface area contributed by atoms with Crippen molar-refractivity contribution in [1.29, 1.82) is 0 Å². The van der Waals surface area contributed by atoms with Gasteiger partial charge in [-0.05, 0) is 32.0 Å². The van der Waals surface area contributed by atoms with E-state index in [0.717, 1.165) is 11.4 Å². The quantitative estimate of drug-likeness (QED) is 0.709. The highest BCUT2D eigenvalue weighted by molar-refractivity contribution is 8.00. The van der Waals surface area contributed by atoms with Crippen molar-refractivity contribution >= 4 is 40.6 Å². The van der Waals surface area contributed by atoms with Gasteiger partial charge in [0, 0.05) is 18.8 Å². The summed E-state index contributed by atoms with van der Waals surface area (Å²) in [4.78, 5) is 46.7. The molecule has 0 N–H and O–H groups in total. The molecule has 2 aromatic rings. The van der Waals surface area contributed by atoms with Crippen molar-refractivity contribution in [1.82, 2.24) is 14.9 Å². The SMILES string of the molecule is COC(=O)[C@H]1CN(C(=O)COC(=O)c2ccc3nc(C)c(C)nc3c2)CCS1. The van der Waals surface area contributed by atoms with E-state index in [1.54, 1.807) is 18.2 Å². The number of hydrogen-bond acceptors (Lipinski definition) is 8. The molecule has 1 atom stereocenters. The molecule has 1 aliphatic rings. The third-order valence-electron chi connectivity index (χ3n) is 4.52. The highest BCUT2D eigenvalue weighted by Crippen LogP contribution is 2.20. The molecule has 2 heterocycles. The van der Waals surface area contributed by atoms with E-state index in [2.05, 4.69) is 9.97 Å². The van der Waals surface area contributed by atoms with Gasteiger partial charge in [0.15, 0.2) is 6.61 Å². The molecule has 1 aromatic heterocycles. The Labute approximate surface area is 166 Å². The molecule has 1 fully saturated rings. The summed E-state index contributed by atoms with van der Waals surface area (Å²) < 4.78 is 9.90. The highest BCUT2D eigenvalue weighted by Gasteiger charge is 2.30. The lowest BCUT2D eigenvalue weighted by Crippen LogP contribution is -2.46. The second kappa shape index (κ2) is 8.55. The minimum Gasteiger partial charge on any atom is -0.468 e. The fraction of sp³-hybridized carbons (Fsp3) is 0.421. The van der Waals surface area contributed by atoms with Crippen molar-refractivity contribution in [3.8, 4) is 0 Å². The molecular formula is C19H21N3O5S. The molecule has 0 spiro atoms. The second-order valence-electron chi connectivity index (χ2n) is 6.40. The summed E-state index contributed by atoms with van der Waals surface area (Å²) in [6, 6.07) is 4.91. The standard InChI is InChI=1S/C19H21N3O5S/c1-11-12(2)21-15-8-13(4-5-14(15)20-11)18(24)27-10-17(23)22-6-7-28-16(9-22)19(25)26-3/h4-5,8,16H,6-7,9-10H2,1-3H3/t16-/m1/s1. The number of hydrogen-bond donors (Lipinski definition) is 0. The zero-order chi connectivity index (χ0) is 20.3. The summed E-state index contributed by atoms with van der Waals surface area (Å²) >= 11 is 1.45. The maximum Gasteiger partial charge on any atom is 0.338 e. The van der Waals surface area contributed by atoms with Crippen LogP contribution in [0.25, 0.3) is 11.0 Å². The van der Waals surface area contributed by atoms with E-state index >= 15 is 0 Å². The number of methoxy groups -OCH3 is 1. The van der Waals surface area contributed by atoms with E-state index in [-0.39, 0.29) is 25.0 Å². The summed E-state index contributed by atoms with van der Waals surface area (Å²) in [6.45, 7) is 4.09. The van der Waals surface area contributed by atoms with E-state index in [1.165, 1.54) is 23.8 Å². The summed E-state index contributed by atoms with van der Waals surface area (Å²) in [5, 5.41) is -0.413. The van der Waals surface area contributed by atoms with Crippen LogP contribution in [0.3, 0.4) is 0 Å². The molecule has 1 amide bonds. The third-order valence-corrected chi connectivity index (χ3v) is 5.68. The number of carbonyl (C=O) groups excluding carboxylic acids is 3. The molecule has 1 aliphatic heterocycles. The highest BCUT2D eigenvalue weighted by atomic mass is 32.2. The molecule has 0 aliphatic carbocycles. The van der Waals surface area contributed by atoms with E-state index in [1.807, 2.05) is 13.8 Å². The molecule has 1 saturated heterocycles. The number of aryl methyl sites for hydroxylation is 2. The van der Waals surface area contributed by atoms with Gasteiger partial charge in [0.2, 0.25) is 0 Å². The number of nitrogens with zero attached hydrogens (tertiary/aromatic N) is 3. The molecule has 8 nitrogen and oxygen atoms in total. The molecule has 148 valence electrons. The summed E-state index contributed by atoms with van der Waals surface area (Å²) in [6.07, 6.45) is 0. The van der Waals surface area contributed by atoms with Gasteiger partial charge in [-0.2, -0.15) is 0 Å². The lowest BCUT2D eigenvalue weighted by molar-refractivity contribution is -0.141. The minimum atomic E-state index is -0.605. The zero-order valence-electron chi connectivity index (χ0n) is 15.9. The van der Waals surface area contributed by atoms with E-state index in [4.69, 9.17) is 9.47 Å². The molecule has 0 radical (unpaired) electrons. The summed E-state index contributed by atoms with van der Waals surface area (Å²) in [7, 11) is 1.32. The van der Waals surface area contributed by atoms with Gasteiger partial charge in [0.25, 0.3) is 5.91 Å². The van der Waals surface area contributed by atoms with Gasteiger partial charge in [-0.3, -0.25) is 9.59 Å². The molecule has 9 heteroatoms. The maximum absolute atomic E-state index is 12.3. The number of carbonyl (C=O) groups is 3. The topological polar surface area (TPSA) is 98.7 Å². The van der Waals surface area contributed by atoms with Gasteiger partial charge in [0.1, 0.15) is 5.25 Å². The van der Waals surface area contributed by atoms with Crippen molar-refractivity contribution in [3.63, 3.8) is 0 Å². The van der Waals surface area contributed by atoms with Crippen LogP contribution in [0.5, 0.6) is 0 Å². The van der Waals surface area contributed by atoms with Crippen molar-refractivity contribution < 1.29 is 23.9 Å². The smallest absolute Gasteiger partial charge is 0.338 e.